The lowest BCUT2D eigenvalue weighted by Gasteiger charge is -2.34. The molecule has 2 aromatic rings. The number of urea groups is 1. The molecule has 1 aliphatic rings. The SMILES string of the molecule is CC(C)(C)Sc1ccc(NC(=O)N2CCN(Cc3ccccc3)CC2)cc1. The number of amides is 2. The summed E-state index contributed by atoms with van der Waals surface area (Å²) >= 11 is 1.83. The minimum Gasteiger partial charge on any atom is -0.322 e. The van der Waals surface area contributed by atoms with Crippen molar-refractivity contribution >= 4 is 23.5 Å². The smallest absolute Gasteiger partial charge is 0.321 e. The van der Waals surface area contributed by atoms with E-state index in [4.69, 9.17) is 0 Å². The maximum atomic E-state index is 12.5. The normalized spacial score (nSPS) is 15.6. The summed E-state index contributed by atoms with van der Waals surface area (Å²) in [7, 11) is 0. The number of benzene rings is 2. The van der Waals surface area contributed by atoms with Gasteiger partial charge in [0.1, 0.15) is 0 Å². The van der Waals surface area contributed by atoms with Crippen LogP contribution < -0.4 is 5.32 Å². The van der Waals surface area contributed by atoms with Crippen LogP contribution in [-0.4, -0.2) is 46.8 Å². The molecule has 0 bridgehead atoms. The van der Waals surface area contributed by atoms with Crippen LogP contribution in [0.5, 0.6) is 0 Å². The van der Waals surface area contributed by atoms with E-state index in [-0.39, 0.29) is 10.8 Å². The first-order valence-electron chi connectivity index (χ1n) is 9.50. The molecule has 2 aromatic carbocycles. The molecule has 0 atom stereocenters. The molecule has 4 nitrogen and oxygen atoms in total. The maximum absolute atomic E-state index is 12.5. The van der Waals surface area contributed by atoms with Gasteiger partial charge >= 0.3 is 6.03 Å². The fourth-order valence-electron chi connectivity index (χ4n) is 3.11. The van der Waals surface area contributed by atoms with Crippen LogP contribution in [-0.2, 0) is 6.54 Å². The zero-order valence-electron chi connectivity index (χ0n) is 16.4. The molecule has 0 spiro atoms. The van der Waals surface area contributed by atoms with E-state index in [0.717, 1.165) is 38.4 Å². The first-order chi connectivity index (χ1) is 12.9. The number of piperazine rings is 1. The Bertz CT molecular complexity index is 732. The van der Waals surface area contributed by atoms with E-state index in [2.05, 4.69) is 67.4 Å². The van der Waals surface area contributed by atoms with Gasteiger partial charge in [-0.05, 0) is 29.8 Å². The molecule has 2 amide bonds. The second-order valence-electron chi connectivity index (χ2n) is 7.92. The Labute approximate surface area is 166 Å². The van der Waals surface area contributed by atoms with Gasteiger partial charge in [0.05, 0.1) is 0 Å². The van der Waals surface area contributed by atoms with E-state index < -0.39 is 0 Å². The Balaban J connectivity index is 1.46. The molecule has 0 saturated carbocycles. The van der Waals surface area contributed by atoms with Gasteiger partial charge in [-0.15, -0.1) is 11.8 Å². The predicted octanol–water partition coefficient (Wildman–Crippen LogP) is 4.93. The fourth-order valence-corrected chi connectivity index (χ4v) is 4.09. The van der Waals surface area contributed by atoms with Crippen LogP contribution in [0.4, 0.5) is 10.5 Å². The molecule has 1 fully saturated rings. The van der Waals surface area contributed by atoms with Gasteiger partial charge in [0.2, 0.25) is 0 Å². The van der Waals surface area contributed by atoms with Crippen LogP contribution in [0.1, 0.15) is 26.3 Å². The number of carbonyl (C=O) groups excluding carboxylic acids is 1. The van der Waals surface area contributed by atoms with Crippen LogP contribution >= 0.6 is 11.8 Å². The van der Waals surface area contributed by atoms with Gasteiger partial charge in [0.25, 0.3) is 0 Å². The maximum Gasteiger partial charge on any atom is 0.321 e. The predicted molar refractivity (Wildman–Crippen MR) is 114 cm³/mol. The van der Waals surface area contributed by atoms with Crippen molar-refractivity contribution in [3.05, 3.63) is 60.2 Å². The van der Waals surface area contributed by atoms with Crippen molar-refractivity contribution in [2.75, 3.05) is 31.5 Å². The van der Waals surface area contributed by atoms with Crippen LogP contribution in [0.2, 0.25) is 0 Å². The summed E-state index contributed by atoms with van der Waals surface area (Å²) in [6, 6.07) is 18.6. The molecule has 0 radical (unpaired) electrons. The molecule has 0 unspecified atom stereocenters. The Morgan fingerprint density at radius 1 is 0.963 bits per heavy atom. The van der Waals surface area contributed by atoms with Gasteiger partial charge in [-0.2, -0.15) is 0 Å². The van der Waals surface area contributed by atoms with Crippen LogP contribution in [0.3, 0.4) is 0 Å². The topological polar surface area (TPSA) is 35.6 Å². The van der Waals surface area contributed by atoms with Crippen LogP contribution in [0.25, 0.3) is 0 Å². The van der Waals surface area contributed by atoms with Crippen LogP contribution in [0, 0.1) is 0 Å². The summed E-state index contributed by atoms with van der Waals surface area (Å²) < 4.78 is 0.185. The van der Waals surface area contributed by atoms with Gasteiger partial charge in [0, 0.05) is 48.1 Å². The fraction of sp³-hybridized carbons (Fsp3) is 0.409. The second kappa shape index (κ2) is 8.81. The van der Waals surface area contributed by atoms with E-state index in [1.54, 1.807) is 0 Å². The minimum atomic E-state index is -0.00872. The minimum absolute atomic E-state index is 0.00872. The quantitative estimate of drug-likeness (QED) is 0.761. The number of nitrogens with one attached hydrogen (secondary N) is 1. The van der Waals surface area contributed by atoms with Crippen molar-refractivity contribution in [2.45, 2.75) is 37.0 Å². The average molecular weight is 384 g/mol. The van der Waals surface area contributed by atoms with Gasteiger partial charge in [-0.3, -0.25) is 4.90 Å². The molecule has 0 aromatic heterocycles. The van der Waals surface area contributed by atoms with Crippen LogP contribution in [0.15, 0.2) is 59.5 Å². The number of rotatable bonds is 4. The molecule has 1 saturated heterocycles. The van der Waals surface area contributed by atoms with Crippen molar-refractivity contribution in [1.29, 1.82) is 0 Å². The molecule has 3 rings (SSSR count). The highest BCUT2D eigenvalue weighted by Crippen LogP contribution is 2.32. The van der Waals surface area contributed by atoms with E-state index in [9.17, 15) is 4.79 Å². The summed E-state index contributed by atoms with van der Waals surface area (Å²) in [5, 5.41) is 3.03. The highest BCUT2D eigenvalue weighted by molar-refractivity contribution is 8.00. The van der Waals surface area contributed by atoms with Gasteiger partial charge < -0.3 is 10.2 Å². The molecular weight excluding hydrogens is 354 g/mol. The van der Waals surface area contributed by atoms with E-state index in [1.807, 2.05) is 34.9 Å². The number of hydrogen-bond donors (Lipinski definition) is 1. The van der Waals surface area contributed by atoms with Crippen molar-refractivity contribution in [2.24, 2.45) is 0 Å². The number of carbonyl (C=O) groups is 1. The lowest BCUT2D eigenvalue weighted by atomic mass is 10.2. The van der Waals surface area contributed by atoms with Crippen molar-refractivity contribution < 1.29 is 4.79 Å². The first kappa shape index (κ1) is 19.8. The number of hydrogen-bond acceptors (Lipinski definition) is 3. The van der Waals surface area contributed by atoms with Crippen molar-refractivity contribution in [1.82, 2.24) is 9.80 Å². The zero-order valence-corrected chi connectivity index (χ0v) is 17.3. The third-order valence-corrected chi connectivity index (χ3v) is 5.56. The summed E-state index contributed by atoms with van der Waals surface area (Å²) in [6.45, 7) is 10.9. The van der Waals surface area contributed by atoms with Gasteiger partial charge in [-0.1, -0.05) is 51.1 Å². The molecule has 0 aliphatic carbocycles. The average Bonchev–Trinajstić information content (AvgIpc) is 2.63. The Hall–Kier alpha value is -1.98. The molecule has 1 N–H and O–H groups in total. The van der Waals surface area contributed by atoms with Gasteiger partial charge in [0.15, 0.2) is 0 Å². The van der Waals surface area contributed by atoms with Gasteiger partial charge in [-0.25, -0.2) is 4.79 Å². The summed E-state index contributed by atoms with van der Waals surface area (Å²) in [5.41, 5.74) is 2.17. The third-order valence-electron chi connectivity index (χ3n) is 4.44. The Morgan fingerprint density at radius 2 is 1.59 bits per heavy atom. The molecule has 5 heteroatoms. The molecule has 1 aliphatic heterocycles. The van der Waals surface area contributed by atoms with E-state index in [0.29, 0.717) is 0 Å². The standard InChI is InChI=1S/C22H29N3OS/c1-22(2,3)27-20-11-9-19(10-12-20)23-21(26)25-15-13-24(14-16-25)17-18-7-5-4-6-8-18/h4-12H,13-17H2,1-3H3,(H,23,26). The van der Waals surface area contributed by atoms with Crippen molar-refractivity contribution in [3.63, 3.8) is 0 Å². The molecule has 144 valence electrons. The summed E-state index contributed by atoms with van der Waals surface area (Å²) in [6.07, 6.45) is 0. The third kappa shape index (κ3) is 6.29. The van der Waals surface area contributed by atoms with E-state index in [1.165, 1.54) is 10.5 Å². The lowest BCUT2D eigenvalue weighted by molar-refractivity contribution is 0.143. The zero-order chi connectivity index (χ0) is 19.3. The summed E-state index contributed by atoms with van der Waals surface area (Å²) in [5.74, 6) is 0. The summed E-state index contributed by atoms with van der Waals surface area (Å²) in [4.78, 5) is 18.1. The molecule has 27 heavy (non-hydrogen) atoms. The second-order valence-corrected chi connectivity index (χ2v) is 9.82. The molecular formula is C22H29N3OS. The monoisotopic (exact) mass is 383 g/mol. The Kier molecular flexibility index (Phi) is 6.45. The largest absolute Gasteiger partial charge is 0.322 e. The highest BCUT2D eigenvalue weighted by atomic mass is 32.2. The Morgan fingerprint density at radius 3 is 2.19 bits per heavy atom. The first-order valence-corrected chi connectivity index (χ1v) is 10.3. The number of anilines is 1. The number of thioether (sulfide) groups is 1. The number of nitrogens with zero attached hydrogens (tertiary/aromatic N) is 2. The lowest BCUT2D eigenvalue weighted by Crippen LogP contribution is -2.49. The van der Waals surface area contributed by atoms with Crippen molar-refractivity contribution in [3.8, 4) is 0 Å². The molecule has 1 heterocycles. The van der Waals surface area contributed by atoms with E-state index >= 15 is 0 Å². The highest BCUT2D eigenvalue weighted by Gasteiger charge is 2.21.